The van der Waals surface area contributed by atoms with Gasteiger partial charge in [-0.05, 0) is 30.9 Å². The van der Waals surface area contributed by atoms with Crippen LogP contribution in [0.4, 0.5) is 13.2 Å². The molecule has 0 bridgehead atoms. The Balaban J connectivity index is 2.84. The van der Waals surface area contributed by atoms with E-state index in [9.17, 15) is 18.0 Å². The molecule has 0 saturated carbocycles. The van der Waals surface area contributed by atoms with Crippen molar-refractivity contribution >= 4 is 11.8 Å². The van der Waals surface area contributed by atoms with Gasteiger partial charge in [0.05, 0.1) is 18.4 Å². The Morgan fingerprint density at radius 3 is 2.54 bits per heavy atom. The maximum atomic E-state index is 13.3. The van der Waals surface area contributed by atoms with E-state index < -0.39 is 17.3 Å². The predicted molar refractivity (Wildman–Crippen MR) is 83.1 cm³/mol. The van der Waals surface area contributed by atoms with Crippen LogP contribution in [0.15, 0.2) is 22.1 Å². The molecule has 1 heterocycles. The summed E-state index contributed by atoms with van der Waals surface area (Å²) in [5.41, 5.74) is -1.88. The second-order valence-electron chi connectivity index (χ2n) is 4.78. The van der Waals surface area contributed by atoms with Crippen LogP contribution in [-0.4, -0.2) is 23.3 Å². The molecule has 1 N–H and O–H groups in total. The van der Waals surface area contributed by atoms with Crippen molar-refractivity contribution in [1.82, 2.24) is 9.97 Å². The number of H-pyrrole nitrogens is 1. The van der Waals surface area contributed by atoms with Crippen LogP contribution in [0.3, 0.4) is 0 Å². The lowest BCUT2D eigenvalue weighted by Gasteiger charge is -2.16. The second kappa shape index (κ2) is 6.57. The maximum Gasteiger partial charge on any atom is 0.419 e. The third-order valence-corrected chi connectivity index (χ3v) is 3.84. The molecule has 2 rings (SSSR count). The fourth-order valence-corrected chi connectivity index (χ4v) is 2.63. The Morgan fingerprint density at radius 2 is 2.04 bits per heavy atom. The standard InChI is InChI=1S/C15H12F3N3O2S/c1-7-4-8(5-10(12(7)23-2)15(16,17)18)11-9(6-19)13(22)21-14(20-11)24-3/h4-5H,1-3H3,(H,20,21,22). The number of benzene rings is 1. The van der Waals surface area contributed by atoms with Crippen molar-refractivity contribution in [2.75, 3.05) is 13.4 Å². The van der Waals surface area contributed by atoms with Gasteiger partial charge in [-0.25, -0.2) is 4.98 Å². The number of nitrogens with one attached hydrogen (secondary N) is 1. The quantitative estimate of drug-likeness (QED) is 0.675. The van der Waals surface area contributed by atoms with Gasteiger partial charge in [0, 0.05) is 5.56 Å². The Hall–Kier alpha value is -2.47. The van der Waals surface area contributed by atoms with E-state index in [1.54, 1.807) is 12.3 Å². The lowest BCUT2D eigenvalue weighted by atomic mass is 10.00. The van der Waals surface area contributed by atoms with Gasteiger partial charge in [0.1, 0.15) is 17.4 Å². The highest BCUT2D eigenvalue weighted by atomic mass is 32.2. The van der Waals surface area contributed by atoms with E-state index in [0.717, 1.165) is 24.9 Å². The van der Waals surface area contributed by atoms with Gasteiger partial charge in [0.25, 0.3) is 5.56 Å². The topological polar surface area (TPSA) is 78.8 Å². The molecule has 1 aromatic carbocycles. The van der Waals surface area contributed by atoms with Crippen molar-refractivity contribution in [2.24, 2.45) is 0 Å². The summed E-state index contributed by atoms with van der Waals surface area (Å²) in [7, 11) is 1.15. The summed E-state index contributed by atoms with van der Waals surface area (Å²) in [5.74, 6) is -0.306. The molecule has 1 aromatic heterocycles. The number of hydrogen-bond acceptors (Lipinski definition) is 5. The summed E-state index contributed by atoms with van der Waals surface area (Å²) in [6.07, 6.45) is -3.00. The number of nitrogens with zero attached hydrogens (tertiary/aromatic N) is 2. The van der Waals surface area contributed by atoms with E-state index in [2.05, 4.69) is 9.97 Å². The fraction of sp³-hybridized carbons (Fsp3) is 0.267. The number of thioether (sulfide) groups is 1. The van der Waals surface area contributed by atoms with Gasteiger partial charge in [-0.3, -0.25) is 4.79 Å². The average Bonchev–Trinajstić information content (AvgIpc) is 2.52. The van der Waals surface area contributed by atoms with E-state index in [4.69, 9.17) is 10.00 Å². The number of rotatable bonds is 3. The number of methoxy groups -OCH3 is 1. The van der Waals surface area contributed by atoms with Crippen LogP contribution < -0.4 is 10.3 Å². The molecule has 24 heavy (non-hydrogen) atoms. The van der Waals surface area contributed by atoms with Gasteiger partial charge in [0.2, 0.25) is 0 Å². The highest BCUT2D eigenvalue weighted by Crippen LogP contribution is 2.40. The average molecular weight is 355 g/mol. The van der Waals surface area contributed by atoms with Crippen LogP contribution in [0.2, 0.25) is 0 Å². The molecular formula is C15H12F3N3O2S. The van der Waals surface area contributed by atoms with Crippen LogP contribution in [-0.2, 0) is 6.18 Å². The predicted octanol–water partition coefficient (Wildman–Crippen LogP) is 3.37. The summed E-state index contributed by atoms with van der Waals surface area (Å²) >= 11 is 1.11. The number of alkyl halides is 3. The zero-order chi connectivity index (χ0) is 18.1. The molecule has 0 atom stereocenters. The normalized spacial score (nSPS) is 11.2. The molecule has 126 valence electrons. The monoisotopic (exact) mass is 355 g/mol. The number of aromatic amines is 1. The smallest absolute Gasteiger partial charge is 0.419 e. The van der Waals surface area contributed by atoms with Crippen molar-refractivity contribution in [2.45, 2.75) is 18.3 Å². The lowest BCUT2D eigenvalue weighted by Crippen LogP contribution is -2.15. The number of nitriles is 1. The number of halogens is 3. The Morgan fingerprint density at radius 1 is 1.38 bits per heavy atom. The van der Waals surface area contributed by atoms with Gasteiger partial charge in [0.15, 0.2) is 5.16 Å². The van der Waals surface area contributed by atoms with Crippen LogP contribution in [0.1, 0.15) is 16.7 Å². The number of ether oxygens (including phenoxy) is 1. The van der Waals surface area contributed by atoms with Crippen LogP contribution >= 0.6 is 11.8 Å². The van der Waals surface area contributed by atoms with Crippen molar-refractivity contribution in [3.63, 3.8) is 0 Å². The third-order valence-electron chi connectivity index (χ3n) is 3.26. The molecule has 0 unspecified atom stereocenters. The van der Waals surface area contributed by atoms with Crippen molar-refractivity contribution < 1.29 is 17.9 Å². The highest BCUT2D eigenvalue weighted by Gasteiger charge is 2.36. The molecule has 0 aliphatic carbocycles. The van der Waals surface area contributed by atoms with Gasteiger partial charge >= 0.3 is 6.18 Å². The van der Waals surface area contributed by atoms with Gasteiger partial charge in [-0.1, -0.05) is 11.8 Å². The zero-order valence-electron chi connectivity index (χ0n) is 12.9. The molecule has 0 amide bonds. The van der Waals surface area contributed by atoms with Crippen LogP contribution in [0.5, 0.6) is 5.75 Å². The first kappa shape index (κ1) is 17.9. The first-order chi connectivity index (χ1) is 11.2. The first-order valence-corrected chi connectivity index (χ1v) is 7.80. The number of aryl methyl sites for hydroxylation is 1. The second-order valence-corrected chi connectivity index (χ2v) is 5.58. The van der Waals surface area contributed by atoms with Gasteiger partial charge in [-0.15, -0.1) is 0 Å². The van der Waals surface area contributed by atoms with Gasteiger partial charge < -0.3 is 9.72 Å². The summed E-state index contributed by atoms with van der Waals surface area (Å²) in [4.78, 5) is 18.4. The van der Waals surface area contributed by atoms with Crippen LogP contribution in [0.25, 0.3) is 11.3 Å². The number of hydrogen-bond donors (Lipinski definition) is 1. The molecule has 0 saturated heterocycles. The summed E-state index contributed by atoms with van der Waals surface area (Å²) in [5, 5.41) is 9.36. The van der Waals surface area contributed by atoms with Crippen LogP contribution in [0, 0.1) is 18.3 Å². The molecule has 0 radical (unpaired) electrons. The van der Waals surface area contributed by atoms with Crippen molar-refractivity contribution in [3.8, 4) is 23.1 Å². The molecule has 0 spiro atoms. The molecule has 0 fully saturated rings. The molecule has 0 aliphatic rings. The Kier molecular flexibility index (Phi) is 4.89. The van der Waals surface area contributed by atoms with E-state index in [0.29, 0.717) is 0 Å². The largest absolute Gasteiger partial charge is 0.496 e. The SMILES string of the molecule is COc1c(C)cc(-c2nc(SC)[nH]c(=O)c2C#N)cc1C(F)(F)F. The summed E-state index contributed by atoms with van der Waals surface area (Å²) in [6, 6.07) is 3.93. The Labute approximate surface area is 139 Å². The van der Waals surface area contributed by atoms with E-state index in [1.165, 1.54) is 13.0 Å². The molecule has 5 nitrogen and oxygen atoms in total. The minimum absolute atomic E-state index is 0.0265. The zero-order valence-corrected chi connectivity index (χ0v) is 13.7. The number of aromatic nitrogens is 2. The molecular weight excluding hydrogens is 343 g/mol. The molecule has 2 aromatic rings. The van der Waals surface area contributed by atoms with Crippen molar-refractivity contribution in [3.05, 3.63) is 39.2 Å². The highest BCUT2D eigenvalue weighted by molar-refractivity contribution is 7.98. The first-order valence-electron chi connectivity index (χ1n) is 6.57. The lowest BCUT2D eigenvalue weighted by molar-refractivity contribution is -0.138. The molecule has 0 aliphatic heterocycles. The summed E-state index contributed by atoms with van der Waals surface area (Å²) < 4.78 is 44.7. The minimum atomic E-state index is -4.65. The van der Waals surface area contributed by atoms with E-state index in [-0.39, 0.29) is 33.3 Å². The van der Waals surface area contributed by atoms with Gasteiger partial charge in [-0.2, -0.15) is 18.4 Å². The fourth-order valence-electron chi connectivity index (χ4n) is 2.25. The van der Waals surface area contributed by atoms with E-state index >= 15 is 0 Å². The Bertz CT molecular complexity index is 885. The third kappa shape index (κ3) is 3.23. The van der Waals surface area contributed by atoms with Crippen molar-refractivity contribution in [1.29, 1.82) is 5.26 Å². The molecule has 9 heteroatoms. The minimum Gasteiger partial charge on any atom is -0.496 e. The maximum absolute atomic E-state index is 13.3. The summed E-state index contributed by atoms with van der Waals surface area (Å²) in [6.45, 7) is 1.45. The van der Waals surface area contributed by atoms with E-state index in [1.807, 2.05) is 0 Å².